The minimum absolute atomic E-state index is 0.251. The first-order valence-corrected chi connectivity index (χ1v) is 7.46. The Morgan fingerprint density at radius 1 is 1.15 bits per heavy atom. The zero-order valence-electron chi connectivity index (χ0n) is 12.6. The van der Waals surface area contributed by atoms with Crippen LogP contribution in [0.3, 0.4) is 0 Å². The highest BCUT2D eigenvalue weighted by molar-refractivity contribution is 5.46. The topological polar surface area (TPSA) is 42.2 Å². The Morgan fingerprint density at radius 3 is 2.45 bits per heavy atom. The second kappa shape index (κ2) is 6.65. The lowest BCUT2D eigenvalue weighted by molar-refractivity contribution is 0.0971. The van der Waals surface area contributed by atoms with Gasteiger partial charge in [-0.2, -0.15) is 5.26 Å². The fraction of sp³-hybridized carbons (Fsp3) is 0.588. The molecule has 1 aliphatic carbocycles. The molecule has 0 aromatic heterocycles. The Hall–Kier alpha value is -1.69. The monoisotopic (exact) mass is 273 g/mol. The molecule has 0 bridgehead atoms. The number of rotatable bonds is 4. The van der Waals surface area contributed by atoms with Gasteiger partial charge in [0, 0.05) is 6.07 Å². The lowest BCUT2D eigenvalue weighted by Crippen LogP contribution is -2.28. The normalized spacial score (nSPS) is 25.8. The fourth-order valence-electron chi connectivity index (χ4n) is 3.09. The smallest absolute Gasteiger partial charge is 0.162 e. The predicted molar refractivity (Wildman–Crippen MR) is 78.9 cm³/mol. The van der Waals surface area contributed by atoms with Crippen LogP contribution in [0.4, 0.5) is 0 Å². The molecular formula is C17H23NO2. The molecule has 1 aromatic carbocycles. The van der Waals surface area contributed by atoms with Crippen LogP contribution in [0.15, 0.2) is 18.2 Å². The van der Waals surface area contributed by atoms with Crippen molar-refractivity contribution in [3.8, 4) is 17.6 Å². The molecule has 108 valence electrons. The molecule has 0 saturated heterocycles. The maximum absolute atomic E-state index is 8.97. The maximum Gasteiger partial charge on any atom is 0.162 e. The second-order valence-electron chi connectivity index (χ2n) is 5.86. The molecule has 0 amide bonds. The Kier molecular flexibility index (Phi) is 4.89. The summed E-state index contributed by atoms with van der Waals surface area (Å²) in [7, 11) is 0. The van der Waals surface area contributed by atoms with Crippen molar-refractivity contribution >= 4 is 0 Å². The number of hydrogen-bond donors (Lipinski definition) is 0. The molecule has 2 unspecified atom stereocenters. The molecule has 0 N–H and O–H groups in total. The quantitative estimate of drug-likeness (QED) is 0.827. The van der Waals surface area contributed by atoms with Crippen LogP contribution >= 0.6 is 0 Å². The van der Waals surface area contributed by atoms with Crippen LogP contribution in [0.1, 0.15) is 45.6 Å². The van der Waals surface area contributed by atoms with Crippen LogP contribution in [0.2, 0.25) is 0 Å². The third-order valence-corrected chi connectivity index (χ3v) is 3.80. The Bertz CT molecular complexity index is 482. The first-order chi connectivity index (χ1) is 9.62. The van der Waals surface area contributed by atoms with Crippen LogP contribution in [-0.4, -0.2) is 12.7 Å². The summed E-state index contributed by atoms with van der Waals surface area (Å²) in [6, 6.07) is 7.53. The van der Waals surface area contributed by atoms with Crippen molar-refractivity contribution in [1.82, 2.24) is 0 Å². The summed E-state index contributed by atoms with van der Waals surface area (Å²) >= 11 is 0. The van der Waals surface area contributed by atoms with Crippen LogP contribution in [-0.2, 0) is 0 Å². The van der Waals surface area contributed by atoms with Gasteiger partial charge < -0.3 is 9.47 Å². The van der Waals surface area contributed by atoms with Crippen LogP contribution in [0.5, 0.6) is 11.5 Å². The molecule has 0 heterocycles. The Balaban J connectivity index is 2.13. The molecule has 0 radical (unpaired) electrons. The number of hydrogen-bond acceptors (Lipinski definition) is 3. The van der Waals surface area contributed by atoms with E-state index in [1.54, 1.807) is 12.1 Å². The number of ether oxygens (including phenoxy) is 2. The van der Waals surface area contributed by atoms with E-state index in [2.05, 4.69) is 19.9 Å². The number of nitriles is 1. The molecule has 1 fully saturated rings. The molecule has 20 heavy (non-hydrogen) atoms. The summed E-state index contributed by atoms with van der Waals surface area (Å²) < 4.78 is 11.7. The van der Waals surface area contributed by atoms with Crippen molar-refractivity contribution in [3.63, 3.8) is 0 Å². The molecule has 2 atom stereocenters. The molecule has 0 spiro atoms. The van der Waals surface area contributed by atoms with Gasteiger partial charge in [-0.05, 0) is 50.2 Å². The van der Waals surface area contributed by atoms with Gasteiger partial charge in [0.1, 0.15) is 0 Å². The largest absolute Gasteiger partial charge is 0.490 e. The first kappa shape index (κ1) is 14.7. The van der Waals surface area contributed by atoms with Crippen molar-refractivity contribution in [2.24, 2.45) is 11.8 Å². The highest BCUT2D eigenvalue weighted by Gasteiger charge is 2.26. The zero-order valence-corrected chi connectivity index (χ0v) is 12.6. The van der Waals surface area contributed by atoms with Gasteiger partial charge in [0.15, 0.2) is 11.5 Å². The Labute approximate surface area is 121 Å². The summed E-state index contributed by atoms with van der Waals surface area (Å²) in [4.78, 5) is 0. The predicted octanol–water partition coefficient (Wildman–Crippen LogP) is 4.16. The van der Waals surface area contributed by atoms with Gasteiger partial charge >= 0.3 is 0 Å². The first-order valence-electron chi connectivity index (χ1n) is 7.46. The average Bonchev–Trinajstić information content (AvgIpc) is 2.40. The van der Waals surface area contributed by atoms with Gasteiger partial charge in [0.2, 0.25) is 0 Å². The highest BCUT2D eigenvalue weighted by atomic mass is 16.5. The summed E-state index contributed by atoms with van der Waals surface area (Å²) in [6.45, 7) is 7.08. The van der Waals surface area contributed by atoms with E-state index in [1.165, 1.54) is 6.42 Å². The standard InChI is InChI=1S/C17H23NO2/c1-4-19-17-10-14(11-18)5-6-16(17)20-15-8-12(2)7-13(3)9-15/h5-6,10,12-13,15H,4,7-9H2,1-3H3. The van der Waals surface area contributed by atoms with E-state index >= 15 is 0 Å². The van der Waals surface area contributed by atoms with Crippen molar-refractivity contribution < 1.29 is 9.47 Å². The number of nitrogens with zero attached hydrogens (tertiary/aromatic N) is 1. The average molecular weight is 273 g/mol. The van der Waals surface area contributed by atoms with Gasteiger partial charge in [0.05, 0.1) is 24.3 Å². The molecule has 3 heteroatoms. The third-order valence-electron chi connectivity index (χ3n) is 3.80. The summed E-state index contributed by atoms with van der Waals surface area (Å²) in [5, 5.41) is 8.97. The van der Waals surface area contributed by atoms with Gasteiger partial charge in [-0.15, -0.1) is 0 Å². The lowest BCUT2D eigenvalue weighted by Gasteiger charge is -2.32. The van der Waals surface area contributed by atoms with Gasteiger partial charge in [0.25, 0.3) is 0 Å². The van der Waals surface area contributed by atoms with Gasteiger partial charge in [-0.1, -0.05) is 13.8 Å². The summed E-state index contributed by atoms with van der Waals surface area (Å²) in [5.74, 6) is 2.85. The van der Waals surface area contributed by atoms with Crippen molar-refractivity contribution in [2.75, 3.05) is 6.61 Å². The summed E-state index contributed by atoms with van der Waals surface area (Å²) in [6.07, 6.45) is 3.72. The zero-order chi connectivity index (χ0) is 14.5. The molecule has 1 aliphatic rings. The molecule has 1 aromatic rings. The van der Waals surface area contributed by atoms with Crippen molar-refractivity contribution in [2.45, 2.75) is 46.1 Å². The van der Waals surface area contributed by atoms with E-state index in [-0.39, 0.29) is 6.10 Å². The van der Waals surface area contributed by atoms with Crippen LogP contribution in [0.25, 0.3) is 0 Å². The summed E-state index contributed by atoms with van der Waals surface area (Å²) in [5.41, 5.74) is 0.603. The van der Waals surface area contributed by atoms with E-state index in [4.69, 9.17) is 14.7 Å². The van der Waals surface area contributed by atoms with Gasteiger partial charge in [-0.25, -0.2) is 0 Å². The Morgan fingerprint density at radius 2 is 1.85 bits per heavy atom. The second-order valence-corrected chi connectivity index (χ2v) is 5.86. The minimum Gasteiger partial charge on any atom is -0.490 e. The third kappa shape index (κ3) is 3.66. The van der Waals surface area contributed by atoms with Gasteiger partial charge in [-0.3, -0.25) is 0 Å². The van der Waals surface area contributed by atoms with E-state index in [0.29, 0.717) is 29.8 Å². The van der Waals surface area contributed by atoms with Crippen LogP contribution in [0, 0.1) is 23.2 Å². The van der Waals surface area contributed by atoms with Crippen LogP contribution < -0.4 is 9.47 Å². The maximum atomic E-state index is 8.97. The number of benzene rings is 1. The SMILES string of the molecule is CCOc1cc(C#N)ccc1OC1CC(C)CC(C)C1. The van der Waals surface area contributed by atoms with E-state index < -0.39 is 0 Å². The van der Waals surface area contributed by atoms with E-state index in [1.807, 2.05) is 13.0 Å². The minimum atomic E-state index is 0.251. The molecule has 0 aliphatic heterocycles. The highest BCUT2D eigenvalue weighted by Crippen LogP contribution is 2.35. The fourth-order valence-corrected chi connectivity index (χ4v) is 3.09. The van der Waals surface area contributed by atoms with E-state index in [0.717, 1.165) is 18.6 Å². The molecular weight excluding hydrogens is 250 g/mol. The lowest BCUT2D eigenvalue weighted by atomic mass is 9.82. The molecule has 2 rings (SSSR count). The molecule has 1 saturated carbocycles. The van der Waals surface area contributed by atoms with Crippen molar-refractivity contribution in [3.05, 3.63) is 23.8 Å². The van der Waals surface area contributed by atoms with Crippen molar-refractivity contribution in [1.29, 1.82) is 5.26 Å². The molecule has 3 nitrogen and oxygen atoms in total. The van der Waals surface area contributed by atoms with E-state index in [9.17, 15) is 0 Å².